The van der Waals surface area contributed by atoms with Crippen molar-refractivity contribution in [2.45, 2.75) is 12.8 Å². The van der Waals surface area contributed by atoms with Crippen molar-refractivity contribution in [3.63, 3.8) is 0 Å². The molecule has 0 spiro atoms. The Kier molecular flexibility index (Phi) is 2.24. The van der Waals surface area contributed by atoms with Crippen LogP contribution < -0.4 is 10.6 Å². The number of H-pyrrole nitrogens is 1. The highest BCUT2D eigenvalue weighted by Gasteiger charge is 2.33. The van der Waals surface area contributed by atoms with E-state index in [1.54, 1.807) is 0 Å². The van der Waals surface area contributed by atoms with Crippen molar-refractivity contribution in [1.82, 2.24) is 10.2 Å². The van der Waals surface area contributed by atoms with Crippen molar-refractivity contribution in [2.75, 3.05) is 4.90 Å². The number of aromatic amines is 1. The molecule has 0 saturated carbocycles. The maximum absolute atomic E-state index is 11.4. The molecule has 1 aromatic heterocycles. The summed E-state index contributed by atoms with van der Waals surface area (Å²) in [5.74, 6) is -0.251. The Morgan fingerprint density at radius 1 is 1.47 bits per heavy atom. The highest BCUT2D eigenvalue weighted by atomic mass is 32.1. The van der Waals surface area contributed by atoms with Crippen molar-refractivity contribution in [3.05, 3.63) is 11.8 Å². The van der Waals surface area contributed by atoms with Crippen LogP contribution in [0.15, 0.2) is 6.20 Å². The highest BCUT2D eigenvalue weighted by Crippen LogP contribution is 2.23. The third-order valence-electron chi connectivity index (χ3n) is 2.16. The summed E-state index contributed by atoms with van der Waals surface area (Å²) in [5, 5.41) is 6.27. The van der Waals surface area contributed by atoms with Crippen LogP contribution in [0, 0.1) is 0 Å². The Bertz CT molecular complexity index is 437. The smallest absolute Gasteiger partial charge is 0.235 e. The summed E-state index contributed by atoms with van der Waals surface area (Å²) < 4.78 is 0. The predicted octanol–water partition coefficient (Wildman–Crippen LogP) is -0.303. The fourth-order valence-electron chi connectivity index (χ4n) is 1.46. The number of anilines is 1. The molecule has 2 amide bonds. The van der Waals surface area contributed by atoms with E-state index in [4.69, 9.17) is 18.0 Å². The number of aromatic nitrogens is 2. The minimum Gasteiger partial charge on any atom is -0.389 e. The standard InChI is InChI=1S/C8H8N4O2S/c9-7(15)4-3-10-11-8(4)12-5(13)1-2-6(12)14/h3H,1-2H2,(H2,9,15)(H,10,11). The fourth-order valence-corrected chi connectivity index (χ4v) is 1.61. The van der Waals surface area contributed by atoms with Crippen LogP contribution in [0.3, 0.4) is 0 Å². The Morgan fingerprint density at radius 2 is 2.07 bits per heavy atom. The summed E-state index contributed by atoms with van der Waals surface area (Å²) in [6, 6.07) is 0. The van der Waals surface area contributed by atoms with E-state index >= 15 is 0 Å². The van der Waals surface area contributed by atoms with Gasteiger partial charge >= 0.3 is 0 Å². The molecule has 2 rings (SSSR count). The molecule has 6 nitrogen and oxygen atoms in total. The number of carbonyl (C=O) groups is 2. The van der Waals surface area contributed by atoms with E-state index in [-0.39, 0.29) is 35.5 Å². The summed E-state index contributed by atoms with van der Waals surface area (Å²) >= 11 is 4.78. The van der Waals surface area contributed by atoms with Gasteiger partial charge in [0, 0.05) is 12.8 Å². The van der Waals surface area contributed by atoms with E-state index < -0.39 is 0 Å². The van der Waals surface area contributed by atoms with E-state index in [9.17, 15) is 9.59 Å². The predicted molar refractivity (Wildman–Crippen MR) is 56.2 cm³/mol. The number of carbonyl (C=O) groups excluding carboxylic acids is 2. The SMILES string of the molecule is NC(=S)c1cn[nH]c1N1C(=O)CCC1=O. The van der Waals surface area contributed by atoms with Gasteiger partial charge in [-0.1, -0.05) is 12.2 Å². The lowest BCUT2D eigenvalue weighted by Crippen LogP contribution is -2.31. The first-order valence-electron chi connectivity index (χ1n) is 4.30. The highest BCUT2D eigenvalue weighted by molar-refractivity contribution is 7.80. The Balaban J connectivity index is 2.45. The topological polar surface area (TPSA) is 92.1 Å². The molecule has 1 aliphatic rings. The molecule has 0 atom stereocenters. The monoisotopic (exact) mass is 224 g/mol. The van der Waals surface area contributed by atoms with Gasteiger partial charge in [0.25, 0.3) is 0 Å². The molecule has 78 valence electrons. The van der Waals surface area contributed by atoms with Crippen LogP contribution in [0.4, 0.5) is 5.82 Å². The molecule has 15 heavy (non-hydrogen) atoms. The van der Waals surface area contributed by atoms with Gasteiger partial charge in [-0.25, -0.2) is 4.90 Å². The molecule has 1 aliphatic heterocycles. The maximum atomic E-state index is 11.4. The fraction of sp³-hybridized carbons (Fsp3) is 0.250. The van der Waals surface area contributed by atoms with E-state index in [1.165, 1.54) is 6.20 Å². The quantitative estimate of drug-likeness (QED) is 0.531. The number of thiocarbonyl (C=S) groups is 1. The zero-order chi connectivity index (χ0) is 11.0. The molecule has 0 bridgehead atoms. The average molecular weight is 224 g/mol. The number of nitrogens with one attached hydrogen (secondary N) is 1. The zero-order valence-electron chi connectivity index (χ0n) is 7.69. The number of nitrogens with zero attached hydrogens (tertiary/aromatic N) is 2. The van der Waals surface area contributed by atoms with Gasteiger partial charge in [0.1, 0.15) is 10.8 Å². The van der Waals surface area contributed by atoms with Crippen LogP contribution in [-0.2, 0) is 9.59 Å². The van der Waals surface area contributed by atoms with Crippen LogP contribution in [0.25, 0.3) is 0 Å². The second-order valence-electron chi connectivity index (χ2n) is 3.12. The third kappa shape index (κ3) is 1.50. The first-order valence-corrected chi connectivity index (χ1v) is 4.71. The summed E-state index contributed by atoms with van der Waals surface area (Å²) in [6.45, 7) is 0. The molecule has 7 heteroatoms. The molecule has 1 saturated heterocycles. The Labute approximate surface area is 90.4 Å². The van der Waals surface area contributed by atoms with Gasteiger partial charge in [-0.3, -0.25) is 14.7 Å². The molecule has 0 radical (unpaired) electrons. The zero-order valence-corrected chi connectivity index (χ0v) is 8.50. The number of imide groups is 1. The van der Waals surface area contributed by atoms with Crippen molar-refractivity contribution in [1.29, 1.82) is 0 Å². The lowest BCUT2D eigenvalue weighted by Gasteiger charge is -2.12. The molecule has 1 fully saturated rings. The molecule has 0 unspecified atom stereocenters. The normalized spacial score (nSPS) is 16.1. The van der Waals surface area contributed by atoms with Gasteiger partial charge in [-0.15, -0.1) is 0 Å². The molecule has 0 aliphatic carbocycles. The molecule has 1 aromatic rings. The second kappa shape index (κ2) is 3.43. The number of nitrogens with two attached hydrogens (primary N) is 1. The van der Waals surface area contributed by atoms with Gasteiger partial charge < -0.3 is 5.73 Å². The van der Waals surface area contributed by atoms with Crippen LogP contribution >= 0.6 is 12.2 Å². The van der Waals surface area contributed by atoms with Crippen molar-refractivity contribution in [2.24, 2.45) is 5.73 Å². The van der Waals surface area contributed by atoms with Crippen LogP contribution in [-0.4, -0.2) is 27.0 Å². The van der Waals surface area contributed by atoms with Gasteiger partial charge in [0.05, 0.1) is 11.8 Å². The number of hydrogen-bond acceptors (Lipinski definition) is 4. The summed E-state index contributed by atoms with van der Waals surface area (Å²) in [4.78, 5) is 24.0. The van der Waals surface area contributed by atoms with Gasteiger partial charge in [0.15, 0.2) is 0 Å². The first kappa shape index (κ1) is 9.78. The molecule has 2 heterocycles. The average Bonchev–Trinajstić information content (AvgIpc) is 2.73. The molecule has 3 N–H and O–H groups in total. The summed E-state index contributed by atoms with van der Waals surface area (Å²) in [7, 11) is 0. The Morgan fingerprint density at radius 3 is 2.60 bits per heavy atom. The first-order chi connectivity index (χ1) is 7.11. The van der Waals surface area contributed by atoms with Crippen molar-refractivity contribution < 1.29 is 9.59 Å². The lowest BCUT2D eigenvalue weighted by molar-refractivity contribution is -0.121. The van der Waals surface area contributed by atoms with Gasteiger partial charge in [0.2, 0.25) is 11.8 Å². The van der Waals surface area contributed by atoms with E-state index in [0.29, 0.717) is 5.56 Å². The van der Waals surface area contributed by atoms with Crippen molar-refractivity contribution >= 4 is 34.8 Å². The van der Waals surface area contributed by atoms with E-state index in [2.05, 4.69) is 10.2 Å². The largest absolute Gasteiger partial charge is 0.389 e. The molecule has 0 aromatic carbocycles. The third-order valence-corrected chi connectivity index (χ3v) is 2.38. The number of rotatable bonds is 2. The number of hydrogen-bond donors (Lipinski definition) is 2. The van der Waals surface area contributed by atoms with Gasteiger partial charge in [-0.05, 0) is 0 Å². The second-order valence-corrected chi connectivity index (χ2v) is 3.56. The summed E-state index contributed by atoms with van der Waals surface area (Å²) in [5.41, 5.74) is 5.85. The van der Waals surface area contributed by atoms with E-state index in [0.717, 1.165) is 4.90 Å². The van der Waals surface area contributed by atoms with Crippen molar-refractivity contribution in [3.8, 4) is 0 Å². The molecular formula is C8H8N4O2S. The van der Waals surface area contributed by atoms with E-state index in [1.807, 2.05) is 0 Å². The molecular weight excluding hydrogens is 216 g/mol. The van der Waals surface area contributed by atoms with Crippen LogP contribution in [0.5, 0.6) is 0 Å². The van der Waals surface area contributed by atoms with Gasteiger partial charge in [-0.2, -0.15) is 5.10 Å². The minimum absolute atomic E-state index is 0.103. The number of amides is 2. The lowest BCUT2D eigenvalue weighted by atomic mass is 10.3. The summed E-state index contributed by atoms with van der Waals surface area (Å²) in [6.07, 6.45) is 1.83. The van der Waals surface area contributed by atoms with Crippen LogP contribution in [0.1, 0.15) is 18.4 Å². The van der Waals surface area contributed by atoms with Crippen LogP contribution in [0.2, 0.25) is 0 Å². The Hall–Kier alpha value is -1.76. The minimum atomic E-state index is -0.262. The maximum Gasteiger partial charge on any atom is 0.235 e.